The highest BCUT2D eigenvalue weighted by Crippen LogP contribution is 2.21. The van der Waals surface area contributed by atoms with E-state index in [1.54, 1.807) is 0 Å². The van der Waals surface area contributed by atoms with Crippen molar-refractivity contribution in [2.75, 3.05) is 0 Å². The molecule has 0 spiro atoms. The summed E-state index contributed by atoms with van der Waals surface area (Å²) in [5.41, 5.74) is 7.67. The maximum absolute atomic E-state index is 5.58. The molecule has 78 valence electrons. The summed E-state index contributed by atoms with van der Waals surface area (Å²) in [6.45, 7) is 6.79. The van der Waals surface area contributed by atoms with Crippen LogP contribution in [0, 0.1) is 6.92 Å². The third kappa shape index (κ3) is 2.51. The van der Waals surface area contributed by atoms with Gasteiger partial charge in [0.1, 0.15) is 5.82 Å². The molecule has 14 heavy (non-hydrogen) atoms. The van der Waals surface area contributed by atoms with E-state index in [0.717, 1.165) is 30.1 Å². The summed E-state index contributed by atoms with van der Waals surface area (Å²) in [5.74, 6) is 1.37. The normalized spacial score (nSPS) is 10.9. The largest absolute Gasteiger partial charge is 0.325 e. The zero-order valence-corrected chi connectivity index (χ0v) is 9.25. The van der Waals surface area contributed by atoms with Crippen LogP contribution in [0.3, 0.4) is 0 Å². The molecule has 2 N–H and O–H groups in total. The van der Waals surface area contributed by atoms with Gasteiger partial charge < -0.3 is 5.73 Å². The molecule has 3 heteroatoms. The highest BCUT2D eigenvalue weighted by Gasteiger charge is 2.10. The van der Waals surface area contributed by atoms with E-state index in [1.165, 1.54) is 0 Å². The standard InChI is InChI=1S/C11H19N3/c1-4-9(5-2)11-6-10(7-12)13-8(3)14-11/h6,9H,4-5,7,12H2,1-3H3. The van der Waals surface area contributed by atoms with Gasteiger partial charge in [0, 0.05) is 18.2 Å². The molecule has 0 atom stereocenters. The summed E-state index contributed by atoms with van der Waals surface area (Å²) >= 11 is 0. The molecule has 0 radical (unpaired) electrons. The average molecular weight is 193 g/mol. The van der Waals surface area contributed by atoms with Crippen LogP contribution in [0.25, 0.3) is 0 Å². The van der Waals surface area contributed by atoms with E-state index < -0.39 is 0 Å². The quantitative estimate of drug-likeness (QED) is 0.797. The number of hydrogen-bond donors (Lipinski definition) is 1. The van der Waals surface area contributed by atoms with E-state index in [0.29, 0.717) is 12.5 Å². The van der Waals surface area contributed by atoms with E-state index >= 15 is 0 Å². The van der Waals surface area contributed by atoms with Crippen LogP contribution in [0.5, 0.6) is 0 Å². The van der Waals surface area contributed by atoms with Gasteiger partial charge in [0.2, 0.25) is 0 Å². The first kappa shape index (κ1) is 11.1. The lowest BCUT2D eigenvalue weighted by molar-refractivity contribution is 0.616. The molecular formula is C11H19N3. The van der Waals surface area contributed by atoms with Crippen LogP contribution in [-0.2, 0) is 6.54 Å². The van der Waals surface area contributed by atoms with Gasteiger partial charge in [0.25, 0.3) is 0 Å². The Morgan fingerprint density at radius 2 is 1.93 bits per heavy atom. The van der Waals surface area contributed by atoms with Crippen molar-refractivity contribution in [3.8, 4) is 0 Å². The van der Waals surface area contributed by atoms with Crippen LogP contribution >= 0.6 is 0 Å². The molecule has 0 bridgehead atoms. The Morgan fingerprint density at radius 1 is 1.29 bits per heavy atom. The number of nitrogens with two attached hydrogens (primary N) is 1. The van der Waals surface area contributed by atoms with Gasteiger partial charge in [0.05, 0.1) is 5.69 Å². The molecule has 0 fully saturated rings. The SMILES string of the molecule is CCC(CC)c1cc(CN)nc(C)n1. The first-order valence-corrected chi connectivity index (χ1v) is 5.25. The monoisotopic (exact) mass is 193 g/mol. The van der Waals surface area contributed by atoms with Gasteiger partial charge in [-0.05, 0) is 25.8 Å². The molecule has 1 heterocycles. The summed E-state index contributed by atoms with van der Waals surface area (Å²) in [6.07, 6.45) is 2.24. The molecule has 0 aromatic carbocycles. The fourth-order valence-corrected chi connectivity index (χ4v) is 1.68. The van der Waals surface area contributed by atoms with E-state index in [1.807, 2.05) is 13.0 Å². The summed E-state index contributed by atoms with van der Waals surface area (Å²) in [7, 11) is 0. The molecular weight excluding hydrogens is 174 g/mol. The van der Waals surface area contributed by atoms with Crippen molar-refractivity contribution < 1.29 is 0 Å². The number of rotatable bonds is 4. The highest BCUT2D eigenvalue weighted by molar-refractivity contribution is 5.14. The van der Waals surface area contributed by atoms with E-state index in [-0.39, 0.29) is 0 Å². The maximum Gasteiger partial charge on any atom is 0.125 e. The van der Waals surface area contributed by atoms with E-state index in [4.69, 9.17) is 5.73 Å². The van der Waals surface area contributed by atoms with Crippen molar-refractivity contribution in [2.45, 2.75) is 46.1 Å². The van der Waals surface area contributed by atoms with Crippen LogP contribution in [-0.4, -0.2) is 9.97 Å². The summed E-state index contributed by atoms with van der Waals surface area (Å²) < 4.78 is 0. The zero-order chi connectivity index (χ0) is 10.6. The van der Waals surface area contributed by atoms with Crippen LogP contribution in [0.2, 0.25) is 0 Å². The van der Waals surface area contributed by atoms with Crippen LogP contribution < -0.4 is 5.73 Å². The van der Waals surface area contributed by atoms with Gasteiger partial charge in [-0.3, -0.25) is 0 Å². The molecule has 1 aromatic rings. The summed E-state index contributed by atoms with van der Waals surface area (Å²) in [5, 5.41) is 0. The highest BCUT2D eigenvalue weighted by atomic mass is 14.9. The van der Waals surface area contributed by atoms with Gasteiger partial charge >= 0.3 is 0 Å². The fourth-order valence-electron chi connectivity index (χ4n) is 1.68. The van der Waals surface area contributed by atoms with Crippen LogP contribution in [0.15, 0.2) is 6.07 Å². The van der Waals surface area contributed by atoms with Gasteiger partial charge in [-0.25, -0.2) is 9.97 Å². The number of aromatic nitrogens is 2. The van der Waals surface area contributed by atoms with Crippen molar-refractivity contribution in [2.24, 2.45) is 5.73 Å². The minimum absolute atomic E-state index is 0.497. The van der Waals surface area contributed by atoms with Gasteiger partial charge in [-0.15, -0.1) is 0 Å². The van der Waals surface area contributed by atoms with E-state index in [2.05, 4.69) is 23.8 Å². The minimum Gasteiger partial charge on any atom is -0.325 e. The van der Waals surface area contributed by atoms with Gasteiger partial charge in [0.15, 0.2) is 0 Å². The third-order valence-corrected chi connectivity index (χ3v) is 2.52. The van der Waals surface area contributed by atoms with E-state index in [9.17, 15) is 0 Å². The lowest BCUT2D eigenvalue weighted by Crippen LogP contribution is -2.07. The average Bonchev–Trinajstić information content (AvgIpc) is 2.19. The lowest BCUT2D eigenvalue weighted by atomic mass is 9.98. The molecule has 1 rings (SSSR count). The molecule has 0 amide bonds. The molecule has 3 nitrogen and oxygen atoms in total. The Bertz CT molecular complexity index is 293. The van der Waals surface area contributed by atoms with Crippen molar-refractivity contribution >= 4 is 0 Å². The number of hydrogen-bond acceptors (Lipinski definition) is 3. The van der Waals surface area contributed by atoms with Gasteiger partial charge in [-0.1, -0.05) is 13.8 Å². The second-order valence-corrected chi connectivity index (χ2v) is 3.55. The Hall–Kier alpha value is -0.960. The molecule has 0 saturated heterocycles. The molecule has 0 saturated carbocycles. The third-order valence-electron chi connectivity index (χ3n) is 2.52. The number of aryl methyl sites for hydroxylation is 1. The lowest BCUT2D eigenvalue weighted by Gasteiger charge is -2.12. The second kappa shape index (κ2) is 5.05. The van der Waals surface area contributed by atoms with Gasteiger partial charge in [-0.2, -0.15) is 0 Å². The summed E-state index contributed by atoms with van der Waals surface area (Å²) in [4.78, 5) is 8.72. The zero-order valence-electron chi connectivity index (χ0n) is 9.25. The van der Waals surface area contributed by atoms with Crippen molar-refractivity contribution in [3.05, 3.63) is 23.3 Å². The molecule has 0 aliphatic carbocycles. The smallest absolute Gasteiger partial charge is 0.125 e. The molecule has 0 unspecified atom stereocenters. The van der Waals surface area contributed by atoms with Crippen molar-refractivity contribution in [1.82, 2.24) is 9.97 Å². The fraction of sp³-hybridized carbons (Fsp3) is 0.636. The van der Waals surface area contributed by atoms with Crippen LogP contribution in [0.1, 0.15) is 49.8 Å². The maximum atomic E-state index is 5.58. The Labute approximate surface area is 85.8 Å². The Morgan fingerprint density at radius 3 is 2.43 bits per heavy atom. The first-order chi connectivity index (χ1) is 6.71. The number of nitrogens with zero attached hydrogens (tertiary/aromatic N) is 2. The summed E-state index contributed by atoms with van der Waals surface area (Å²) in [6, 6.07) is 2.03. The Kier molecular flexibility index (Phi) is 4.01. The second-order valence-electron chi connectivity index (χ2n) is 3.55. The van der Waals surface area contributed by atoms with Crippen molar-refractivity contribution in [3.63, 3.8) is 0 Å². The molecule has 0 aliphatic heterocycles. The topological polar surface area (TPSA) is 51.8 Å². The first-order valence-electron chi connectivity index (χ1n) is 5.25. The minimum atomic E-state index is 0.497. The predicted molar refractivity (Wildman–Crippen MR) is 58.0 cm³/mol. The predicted octanol–water partition coefficient (Wildman–Crippen LogP) is 2.15. The van der Waals surface area contributed by atoms with Crippen molar-refractivity contribution in [1.29, 1.82) is 0 Å². The molecule has 1 aromatic heterocycles. The van der Waals surface area contributed by atoms with Crippen LogP contribution in [0.4, 0.5) is 0 Å². The Balaban J connectivity index is 3.01. The molecule has 0 aliphatic rings.